The Balaban J connectivity index is 1.79. The summed E-state index contributed by atoms with van der Waals surface area (Å²) in [4.78, 5) is 16.0. The molecule has 0 bridgehead atoms. The van der Waals surface area contributed by atoms with Crippen LogP contribution in [-0.4, -0.2) is 27.2 Å². The van der Waals surface area contributed by atoms with Gasteiger partial charge < -0.3 is 11.1 Å². The van der Waals surface area contributed by atoms with Crippen LogP contribution in [0.1, 0.15) is 22.4 Å². The molecule has 2 heterocycles. The lowest BCUT2D eigenvalue weighted by Gasteiger charge is -2.12. The van der Waals surface area contributed by atoms with Crippen LogP contribution in [0.2, 0.25) is 0 Å². The van der Waals surface area contributed by atoms with Gasteiger partial charge in [0.15, 0.2) is 0 Å². The SMILES string of the molecule is CC(CNC(=O)c1csc(CN)n1)Cn1cccn1. The number of hydrogen-bond donors (Lipinski definition) is 2. The van der Waals surface area contributed by atoms with Gasteiger partial charge in [-0.3, -0.25) is 9.48 Å². The Labute approximate surface area is 115 Å². The third-order valence-electron chi connectivity index (χ3n) is 2.63. The largest absolute Gasteiger partial charge is 0.350 e. The molecule has 0 fully saturated rings. The normalized spacial score (nSPS) is 12.3. The van der Waals surface area contributed by atoms with Crippen LogP contribution in [0.15, 0.2) is 23.8 Å². The van der Waals surface area contributed by atoms with Crippen molar-refractivity contribution in [3.05, 3.63) is 34.5 Å². The molecular formula is C12H17N5OS. The lowest BCUT2D eigenvalue weighted by molar-refractivity contribution is 0.0942. The molecule has 0 saturated heterocycles. The molecule has 2 aromatic heterocycles. The van der Waals surface area contributed by atoms with E-state index >= 15 is 0 Å². The minimum Gasteiger partial charge on any atom is -0.350 e. The summed E-state index contributed by atoms with van der Waals surface area (Å²) in [5.41, 5.74) is 5.91. The molecule has 0 spiro atoms. The minimum atomic E-state index is -0.150. The second-order valence-corrected chi connectivity index (χ2v) is 5.32. The highest BCUT2D eigenvalue weighted by Crippen LogP contribution is 2.08. The van der Waals surface area contributed by atoms with Gasteiger partial charge in [-0.2, -0.15) is 5.10 Å². The van der Waals surface area contributed by atoms with E-state index in [1.165, 1.54) is 11.3 Å². The molecule has 1 unspecified atom stereocenters. The second-order valence-electron chi connectivity index (χ2n) is 4.37. The van der Waals surface area contributed by atoms with E-state index in [0.29, 0.717) is 24.7 Å². The van der Waals surface area contributed by atoms with Crippen LogP contribution in [0.25, 0.3) is 0 Å². The van der Waals surface area contributed by atoms with Crippen molar-refractivity contribution in [3.8, 4) is 0 Å². The Morgan fingerprint density at radius 3 is 3.11 bits per heavy atom. The summed E-state index contributed by atoms with van der Waals surface area (Å²) in [6.45, 7) is 3.80. The molecule has 19 heavy (non-hydrogen) atoms. The van der Waals surface area contributed by atoms with Crippen molar-refractivity contribution in [1.29, 1.82) is 0 Å². The van der Waals surface area contributed by atoms with E-state index in [4.69, 9.17) is 5.73 Å². The number of carbonyl (C=O) groups is 1. The van der Waals surface area contributed by atoms with Crippen LogP contribution in [-0.2, 0) is 13.1 Å². The van der Waals surface area contributed by atoms with Crippen LogP contribution < -0.4 is 11.1 Å². The molecule has 0 saturated carbocycles. The van der Waals surface area contributed by atoms with E-state index in [1.54, 1.807) is 11.6 Å². The average molecular weight is 279 g/mol. The minimum absolute atomic E-state index is 0.150. The number of nitrogens with zero attached hydrogens (tertiary/aromatic N) is 3. The first-order chi connectivity index (χ1) is 9.19. The number of rotatable bonds is 6. The van der Waals surface area contributed by atoms with Crippen molar-refractivity contribution >= 4 is 17.2 Å². The van der Waals surface area contributed by atoms with Gasteiger partial charge in [0.1, 0.15) is 10.7 Å². The Bertz CT molecular complexity index is 522. The van der Waals surface area contributed by atoms with Crippen molar-refractivity contribution in [2.24, 2.45) is 11.7 Å². The van der Waals surface area contributed by atoms with Gasteiger partial charge in [-0.05, 0) is 12.0 Å². The lowest BCUT2D eigenvalue weighted by Crippen LogP contribution is -2.30. The quantitative estimate of drug-likeness (QED) is 0.821. The zero-order valence-corrected chi connectivity index (χ0v) is 11.6. The first kappa shape index (κ1) is 13.7. The van der Waals surface area contributed by atoms with Crippen LogP contribution in [0, 0.1) is 5.92 Å². The monoisotopic (exact) mass is 279 g/mol. The summed E-state index contributed by atoms with van der Waals surface area (Å²) in [5.74, 6) is 0.153. The second kappa shape index (κ2) is 6.44. The Morgan fingerprint density at radius 2 is 2.47 bits per heavy atom. The van der Waals surface area contributed by atoms with Crippen molar-refractivity contribution in [3.63, 3.8) is 0 Å². The maximum atomic E-state index is 11.9. The fourth-order valence-electron chi connectivity index (χ4n) is 1.66. The molecule has 0 aliphatic rings. The van der Waals surface area contributed by atoms with E-state index in [2.05, 4.69) is 22.3 Å². The van der Waals surface area contributed by atoms with E-state index in [-0.39, 0.29) is 5.91 Å². The van der Waals surface area contributed by atoms with Crippen molar-refractivity contribution in [1.82, 2.24) is 20.1 Å². The first-order valence-corrected chi connectivity index (χ1v) is 6.97. The Kier molecular flexibility index (Phi) is 4.64. The van der Waals surface area contributed by atoms with E-state index in [0.717, 1.165) is 11.6 Å². The number of aromatic nitrogens is 3. The first-order valence-electron chi connectivity index (χ1n) is 6.09. The summed E-state index contributed by atoms with van der Waals surface area (Å²) in [5, 5.41) is 9.51. The third kappa shape index (κ3) is 3.87. The summed E-state index contributed by atoms with van der Waals surface area (Å²) in [6.07, 6.45) is 3.65. The summed E-state index contributed by atoms with van der Waals surface area (Å²) in [7, 11) is 0. The number of thiazole rings is 1. The topological polar surface area (TPSA) is 85.8 Å². The highest BCUT2D eigenvalue weighted by molar-refractivity contribution is 7.09. The van der Waals surface area contributed by atoms with Crippen LogP contribution in [0.3, 0.4) is 0 Å². The fourth-order valence-corrected chi connectivity index (χ4v) is 2.31. The standard InChI is InChI=1S/C12H17N5OS/c1-9(7-17-4-2-3-15-17)6-14-12(18)10-8-19-11(5-13)16-10/h2-4,8-9H,5-7,13H2,1H3,(H,14,18). The predicted molar refractivity (Wildman–Crippen MR) is 73.7 cm³/mol. The van der Waals surface area contributed by atoms with Gasteiger partial charge in [-0.1, -0.05) is 6.92 Å². The molecular weight excluding hydrogens is 262 g/mol. The molecule has 0 aliphatic carbocycles. The van der Waals surface area contributed by atoms with E-state index in [1.807, 2.05) is 16.9 Å². The average Bonchev–Trinajstić information content (AvgIpc) is 3.06. The molecule has 1 atom stereocenters. The van der Waals surface area contributed by atoms with Crippen molar-refractivity contribution in [2.45, 2.75) is 20.0 Å². The molecule has 2 rings (SSSR count). The number of amides is 1. The summed E-state index contributed by atoms with van der Waals surface area (Å²) >= 11 is 1.40. The van der Waals surface area contributed by atoms with Gasteiger partial charge in [0, 0.05) is 37.4 Å². The van der Waals surface area contributed by atoms with Crippen LogP contribution in [0.4, 0.5) is 0 Å². The molecule has 3 N–H and O–H groups in total. The number of hydrogen-bond acceptors (Lipinski definition) is 5. The molecule has 1 amide bonds. The molecule has 102 valence electrons. The fraction of sp³-hybridized carbons (Fsp3) is 0.417. The molecule has 2 aromatic rings. The van der Waals surface area contributed by atoms with E-state index in [9.17, 15) is 4.79 Å². The Hall–Kier alpha value is -1.73. The summed E-state index contributed by atoms with van der Waals surface area (Å²) < 4.78 is 1.85. The van der Waals surface area contributed by atoms with Crippen molar-refractivity contribution < 1.29 is 4.79 Å². The predicted octanol–water partition coefficient (Wildman–Crippen LogP) is 0.864. The maximum absolute atomic E-state index is 11.9. The molecule has 0 aliphatic heterocycles. The molecule has 0 aromatic carbocycles. The van der Waals surface area contributed by atoms with Gasteiger partial charge in [0.25, 0.3) is 5.91 Å². The Morgan fingerprint density at radius 1 is 1.63 bits per heavy atom. The molecule has 6 nitrogen and oxygen atoms in total. The zero-order chi connectivity index (χ0) is 13.7. The number of nitrogens with one attached hydrogen (secondary N) is 1. The van der Waals surface area contributed by atoms with E-state index < -0.39 is 0 Å². The van der Waals surface area contributed by atoms with Gasteiger partial charge in [-0.15, -0.1) is 11.3 Å². The van der Waals surface area contributed by atoms with Crippen LogP contribution in [0.5, 0.6) is 0 Å². The zero-order valence-electron chi connectivity index (χ0n) is 10.7. The van der Waals surface area contributed by atoms with Gasteiger partial charge in [-0.25, -0.2) is 4.98 Å². The third-order valence-corrected chi connectivity index (χ3v) is 3.50. The number of carbonyl (C=O) groups excluding carboxylic acids is 1. The lowest BCUT2D eigenvalue weighted by atomic mass is 10.2. The molecule has 7 heteroatoms. The van der Waals surface area contributed by atoms with Crippen LogP contribution >= 0.6 is 11.3 Å². The number of nitrogens with two attached hydrogens (primary N) is 1. The highest BCUT2D eigenvalue weighted by Gasteiger charge is 2.11. The van der Waals surface area contributed by atoms with Gasteiger partial charge in [0.2, 0.25) is 0 Å². The van der Waals surface area contributed by atoms with Gasteiger partial charge >= 0.3 is 0 Å². The van der Waals surface area contributed by atoms with Gasteiger partial charge in [0.05, 0.1) is 0 Å². The molecule has 0 radical (unpaired) electrons. The van der Waals surface area contributed by atoms with Crippen molar-refractivity contribution in [2.75, 3.05) is 6.54 Å². The maximum Gasteiger partial charge on any atom is 0.270 e. The smallest absolute Gasteiger partial charge is 0.270 e. The highest BCUT2D eigenvalue weighted by atomic mass is 32.1. The summed E-state index contributed by atoms with van der Waals surface area (Å²) in [6, 6.07) is 1.88.